The Hall–Kier alpha value is -2.58. The monoisotopic (exact) mass is 230 g/mol. The minimum Gasteiger partial charge on any atom is -0.512 e. The van der Waals surface area contributed by atoms with Crippen molar-refractivity contribution in [3.05, 3.63) is 39.4 Å². The second kappa shape index (κ2) is 139. The van der Waals surface area contributed by atoms with Crippen molar-refractivity contribution < 1.29 is 22.5 Å². The van der Waals surface area contributed by atoms with Crippen LogP contribution >= 0.6 is 0 Å². The Morgan fingerprint density at radius 2 is 0.357 bits per heavy atom. The molecule has 0 aromatic carbocycles. The molecule has 0 spiro atoms. The van der Waals surface area contributed by atoms with Crippen molar-refractivity contribution in [1.29, 1.82) is 31.6 Å². The summed E-state index contributed by atoms with van der Waals surface area (Å²) in [5, 5.41) is 37.5. The summed E-state index contributed by atoms with van der Waals surface area (Å²) in [5.74, 6) is 0. The molecule has 0 atom stereocenters. The Kier molecular flexibility index (Phi) is 1050. The normalized spacial score (nSPS) is 0.857. The molecule has 14 heavy (non-hydrogen) atoms. The van der Waals surface area contributed by atoms with E-state index in [1.54, 1.807) is 0 Å². The maximum atomic E-state index is 6.25. The molecule has 0 amide bonds. The molecule has 0 unspecified atom stereocenters. The first kappa shape index (κ1) is 106. The van der Waals surface area contributed by atoms with Crippen LogP contribution in [-0.2, 0) is 17.1 Å². The second-order valence-electron chi connectivity index (χ2n) is 0. The average molecular weight is 230 g/mol. The number of hydrogen-bond acceptors (Lipinski definition) is 6. The SMILES string of the molecule is O.[C-]#N.[C-]#N.[C-]#N.[C-]#N.[C-]#N.[C-]#N.[Fe+6]. The van der Waals surface area contributed by atoms with Gasteiger partial charge in [-0.1, -0.05) is 0 Å². The summed E-state index contributed by atoms with van der Waals surface area (Å²) < 4.78 is 0. The van der Waals surface area contributed by atoms with E-state index >= 15 is 0 Å². The van der Waals surface area contributed by atoms with Gasteiger partial charge in [0.25, 0.3) is 0 Å². The predicted octanol–water partition coefficient (Wildman–Crippen LogP) is -0.249. The van der Waals surface area contributed by atoms with Gasteiger partial charge in [-0.05, 0) is 0 Å². The van der Waals surface area contributed by atoms with E-state index in [-0.39, 0.29) is 22.5 Å². The molecule has 0 aromatic rings. The number of hydrogen-bond donors (Lipinski definition) is 0. The van der Waals surface area contributed by atoms with Gasteiger partial charge in [-0.25, -0.2) is 0 Å². The van der Waals surface area contributed by atoms with E-state index in [2.05, 4.69) is 0 Å². The Morgan fingerprint density at radius 3 is 0.357 bits per heavy atom. The van der Waals surface area contributed by atoms with Gasteiger partial charge in [0.15, 0.2) is 0 Å². The maximum Gasteiger partial charge on any atom is 6.00 e. The summed E-state index contributed by atoms with van der Waals surface area (Å²) in [6.45, 7) is 28.5. The fraction of sp³-hybridized carbons (Fsp3) is 0. The summed E-state index contributed by atoms with van der Waals surface area (Å²) in [5.41, 5.74) is 0. The van der Waals surface area contributed by atoms with Crippen LogP contribution in [0.15, 0.2) is 0 Å². The van der Waals surface area contributed by atoms with Crippen molar-refractivity contribution in [3.8, 4) is 0 Å². The quantitative estimate of drug-likeness (QED) is 0.409. The largest absolute Gasteiger partial charge is 6.00 e. The van der Waals surface area contributed by atoms with Crippen molar-refractivity contribution in [2.24, 2.45) is 0 Å². The Bertz CT molecular complexity index is 97.3. The van der Waals surface area contributed by atoms with E-state index in [1.807, 2.05) is 0 Å². The van der Waals surface area contributed by atoms with Gasteiger partial charge in [-0.2, -0.15) is 0 Å². The first-order valence-corrected chi connectivity index (χ1v) is 1.34. The molecule has 0 fully saturated rings. The van der Waals surface area contributed by atoms with E-state index in [4.69, 9.17) is 71.0 Å². The van der Waals surface area contributed by atoms with Crippen LogP contribution in [0.2, 0.25) is 0 Å². The van der Waals surface area contributed by atoms with Crippen LogP contribution < -0.4 is 0 Å². The van der Waals surface area contributed by atoms with Crippen LogP contribution in [-0.4, -0.2) is 5.48 Å². The third-order valence-corrected chi connectivity index (χ3v) is 0. The van der Waals surface area contributed by atoms with Crippen molar-refractivity contribution in [2.75, 3.05) is 0 Å². The molecule has 0 aliphatic heterocycles. The summed E-state index contributed by atoms with van der Waals surface area (Å²) in [4.78, 5) is 0. The summed E-state index contributed by atoms with van der Waals surface area (Å²) in [6.07, 6.45) is 0. The number of nitrogens with zero attached hydrogens (tertiary/aromatic N) is 6. The number of rotatable bonds is 0. The van der Waals surface area contributed by atoms with E-state index in [0.717, 1.165) is 0 Å². The van der Waals surface area contributed by atoms with Crippen LogP contribution in [0, 0.1) is 71.0 Å². The zero-order chi connectivity index (χ0) is 12.0. The molecule has 0 saturated heterocycles. The minimum atomic E-state index is 0. The van der Waals surface area contributed by atoms with Crippen molar-refractivity contribution in [3.63, 3.8) is 0 Å². The maximum absolute atomic E-state index is 6.25. The van der Waals surface area contributed by atoms with Crippen molar-refractivity contribution >= 4 is 0 Å². The van der Waals surface area contributed by atoms with Crippen LogP contribution in [0.1, 0.15) is 0 Å². The van der Waals surface area contributed by atoms with Gasteiger partial charge in [-0.15, -0.1) is 0 Å². The van der Waals surface area contributed by atoms with Crippen LogP contribution in [0.5, 0.6) is 0 Å². The topological polar surface area (TPSA) is 174 Å². The summed E-state index contributed by atoms with van der Waals surface area (Å²) in [6, 6.07) is 0. The second-order valence-corrected chi connectivity index (χ2v) is 0. The summed E-state index contributed by atoms with van der Waals surface area (Å²) >= 11 is 0. The van der Waals surface area contributed by atoms with E-state index in [1.165, 1.54) is 0 Å². The molecule has 0 saturated carbocycles. The van der Waals surface area contributed by atoms with Gasteiger partial charge in [0.2, 0.25) is 0 Å². The van der Waals surface area contributed by atoms with Gasteiger partial charge in [0, 0.05) is 0 Å². The van der Waals surface area contributed by atoms with Crippen LogP contribution in [0.25, 0.3) is 0 Å². The van der Waals surface area contributed by atoms with Gasteiger partial charge < -0.3 is 76.5 Å². The third-order valence-electron chi connectivity index (χ3n) is 0. The predicted molar refractivity (Wildman–Crippen MR) is 33.4 cm³/mol. The third kappa shape index (κ3) is 100. The zero-order valence-corrected chi connectivity index (χ0v) is 7.64. The molecule has 8 heteroatoms. The van der Waals surface area contributed by atoms with Crippen LogP contribution in [0.3, 0.4) is 0 Å². The van der Waals surface area contributed by atoms with Crippen LogP contribution in [0.4, 0.5) is 0 Å². The Morgan fingerprint density at radius 1 is 0.357 bits per heavy atom. The molecule has 0 rings (SSSR count). The molecule has 0 aliphatic rings. The zero-order valence-electron chi connectivity index (χ0n) is 6.54. The van der Waals surface area contributed by atoms with E-state index in [9.17, 15) is 0 Å². The standard InChI is InChI=1S/6CN.Fe.H2O/c6*1-2;;/h;;;;;;;1H2/q6*-1;+6;. The van der Waals surface area contributed by atoms with Gasteiger partial charge in [0.1, 0.15) is 0 Å². The smallest absolute Gasteiger partial charge is 0.512 e. The van der Waals surface area contributed by atoms with E-state index in [0.29, 0.717) is 0 Å². The molecule has 0 aliphatic carbocycles. The van der Waals surface area contributed by atoms with E-state index < -0.39 is 0 Å². The fourth-order valence-electron chi connectivity index (χ4n) is 0. The molecular weight excluding hydrogens is 228 g/mol. The molecule has 0 radical (unpaired) electrons. The molecule has 0 bridgehead atoms. The molecule has 0 heterocycles. The molecular formula is C6H2FeN6O. The first-order valence-electron chi connectivity index (χ1n) is 1.34. The van der Waals surface area contributed by atoms with Gasteiger partial charge in [-0.3, -0.25) is 0 Å². The molecule has 2 N–H and O–H groups in total. The Labute approximate surface area is 94.0 Å². The first-order chi connectivity index (χ1) is 6.00. The average Bonchev–Trinajstić information content (AvgIpc) is 2.33. The van der Waals surface area contributed by atoms with Crippen molar-refractivity contribution in [2.45, 2.75) is 0 Å². The minimum absolute atomic E-state index is 0. The molecule has 0 aromatic heterocycles. The molecule has 70 valence electrons. The van der Waals surface area contributed by atoms with Crippen molar-refractivity contribution in [1.82, 2.24) is 0 Å². The fourth-order valence-corrected chi connectivity index (χ4v) is 0. The Balaban J connectivity index is -0.00000000500. The van der Waals surface area contributed by atoms with Gasteiger partial charge in [0.05, 0.1) is 0 Å². The van der Waals surface area contributed by atoms with Gasteiger partial charge >= 0.3 is 17.1 Å². The summed E-state index contributed by atoms with van der Waals surface area (Å²) in [7, 11) is 0. The molecule has 7 nitrogen and oxygen atoms in total.